The standard InChI is InChI=1S/C11H22N2O/c1-9(2)10-6-13(7-10)8-11-5-12-3-4-14-11/h9-12H,3-8H2,1-2H3. The van der Waals surface area contributed by atoms with E-state index >= 15 is 0 Å². The summed E-state index contributed by atoms with van der Waals surface area (Å²) in [7, 11) is 0. The molecule has 0 amide bonds. The Kier molecular flexibility index (Phi) is 3.42. The Morgan fingerprint density at radius 2 is 2.21 bits per heavy atom. The molecule has 0 aromatic heterocycles. The van der Waals surface area contributed by atoms with Crippen LogP contribution in [0, 0.1) is 11.8 Å². The van der Waals surface area contributed by atoms with Crippen molar-refractivity contribution in [3.63, 3.8) is 0 Å². The maximum absolute atomic E-state index is 5.68. The van der Waals surface area contributed by atoms with Crippen LogP contribution >= 0.6 is 0 Å². The van der Waals surface area contributed by atoms with Gasteiger partial charge in [-0.1, -0.05) is 13.8 Å². The van der Waals surface area contributed by atoms with Gasteiger partial charge in [0, 0.05) is 32.7 Å². The van der Waals surface area contributed by atoms with Crippen LogP contribution in [-0.4, -0.2) is 50.3 Å². The Bertz CT molecular complexity index is 172. The highest BCUT2D eigenvalue weighted by Crippen LogP contribution is 2.23. The molecule has 82 valence electrons. The first-order valence-electron chi connectivity index (χ1n) is 5.80. The van der Waals surface area contributed by atoms with Crippen LogP contribution in [0.25, 0.3) is 0 Å². The van der Waals surface area contributed by atoms with Gasteiger partial charge in [0.1, 0.15) is 0 Å². The van der Waals surface area contributed by atoms with Crippen molar-refractivity contribution >= 4 is 0 Å². The first-order valence-corrected chi connectivity index (χ1v) is 5.80. The van der Waals surface area contributed by atoms with Crippen molar-refractivity contribution in [1.82, 2.24) is 10.2 Å². The molecule has 3 nitrogen and oxygen atoms in total. The number of hydrogen-bond acceptors (Lipinski definition) is 3. The predicted molar refractivity (Wildman–Crippen MR) is 57.4 cm³/mol. The van der Waals surface area contributed by atoms with E-state index in [0.29, 0.717) is 6.10 Å². The van der Waals surface area contributed by atoms with Crippen molar-refractivity contribution in [1.29, 1.82) is 0 Å². The molecule has 0 radical (unpaired) electrons. The molecule has 2 aliphatic rings. The van der Waals surface area contributed by atoms with Crippen molar-refractivity contribution in [2.75, 3.05) is 39.3 Å². The lowest BCUT2D eigenvalue weighted by atomic mass is 9.88. The quantitative estimate of drug-likeness (QED) is 0.717. The van der Waals surface area contributed by atoms with Gasteiger partial charge in [0.25, 0.3) is 0 Å². The number of rotatable bonds is 3. The summed E-state index contributed by atoms with van der Waals surface area (Å²) in [4.78, 5) is 2.52. The molecule has 2 fully saturated rings. The van der Waals surface area contributed by atoms with E-state index in [4.69, 9.17) is 4.74 Å². The first kappa shape index (κ1) is 10.4. The molecule has 2 saturated heterocycles. The van der Waals surface area contributed by atoms with Crippen molar-refractivity contribution < 1.29 is 4.74 Å². The van der Waals surface area contributed by atoms with Gasteiger partial charge < -0.3 is 15.0 Å². The van der Waals surface area contributed by atoms with Crippen LogP contribution < -0.4 is 5.32 Å². The first-order chi connectivity index (χ1) is 6.75. The highest BCUT2D eigenvalue weighted by Gasteiger charge is 2.30. The number of morpholine rings is 1. The second-order valence-electron chi connectivity index (χ2n) is 4.92. The normalized spacial score (nSPS) is 30.6. The molecule has 2 rings (SSSR count). The highest BCUT2D eigenvalue weighted by atomic mass is 16.5. The Labute approximate surface area is 86.8 Å². The van der Waals surface area contributed by atoms with E-state index in [-0.39, 0.29) is 0 Å². The van der Waals surface area contributed by atoms with E-state index < -0.39 is 0 Å². The monoisotopic (exact) mass is 198 g/mol. The van der Waals surface area contributed by atoms with Gasteiger partial charge in [0.05, 0.1) is 12.7 Å². The summed E-state index contributed by atoms with van der Waals surface area (Å²) in [5.41, 5.74) is 0. The molecule has 1 unspecified atom stereocenters. The van der Waals surface area contributed by atoms with Gasteiger partial charge in [-0.3, -0.25) is 0 Å². The highest BCUT2D eigenvalue weighted by molar-refractivity contribution is 4.84. The van der Waals surface area contributed by atoms with Crippen LogP contribution in [0.2, 0.25) is 0 Å². The van der Waals surface area contributed by atoms with Crippen molar-refractivity contribution in [3.05, 3.63) is 0 Å². The summed E-state index contributed by atoms with van der Waals surface area (Å²) in [5.74, 6) is 1.77. The van der Waals surface area contributed by atoms with Crippen LogP contribution in [0.1, 0.15) is 13.8 Å². The minimum atomic E-state index is 0.428. The zero-order valence-corrected chi connectivity index (χ0v) is 9.33. The van der Waals surface area contributed by atoms with E-state index in [1.54, 1.807) is 0 Å². The predicted octanol–water partition coefficient (Wildman–Crippen LogP) is 0.563. The van der Waals surface area contributed by atoms with Gasteiger partial charge in [-0.15, -0.1) is 0 Å². The molecule has 3 heteroatoms. The van der Waals surface area contributed by atoms with E-state index in [1.165, 1.54) is 13.1 Å². The second kappa shape index (κ2) is 4.60. The average Bonchev–Trinajstić information content (AvgIpc) is 2.12. The van der Waals surface area contributed by atoms with Crippen molar-refractivity contribution in [2.24, 2.45) is 11.8 Å². The van der Waals surface area contributed by atoms with Crippen LogP contribution in [0.4, 0.5) is 0 Å². The van der Waals surface area contributed by atoms with Gasteiger partial charge in [-0.25, -0.2) is 0 Å². The van der Waals surface area contributed by atoms with Crippen LogP contribution in [0.15, 0.2) is 0 Å². The lowest BCUT2D eigenvalue weighted by molar-refractivity contribution is -0.0279. The summed E-state index contributed by atoms with van der Waals surface area (Å²) in [6, 6.07) is 0. The molecule has 0 aromatic carbocycles. The minimum absolute atomic E-state index is 0.428. The molecule has 1 N–H and O–H groups in total. The molecule has 0 saturated carbocycles. The zero-order valence-electron chi connectivity index (χ0n) is 9.33. The summed E-state index contributed by atoms with van der Waals surface area (Å²) in [6.07, 6.45) is 0.428. The average molecular weight is 198 g/mol. The molecule has 0 bridgehead atoms. The number of nitrogens with one attached hydrogen (secondary N) is 1. The molecule has 2 aliphatic heterocycles. The molecular weight excluding hydrogens is 176 g/mol. The fourth-order valence-corrected chi connectivity index (χ4v) is 2.21. The van der Waals surface area contributed by atoms with Crippen molar-refractivity contribution in [2.45, 2.75) is 20.0 Å². The molecule has 0 aliphatic carbocycles. The van der Waals surface area contributed by atoms with Crippen LogP contribution in [0.3, 0.4) is 0 Å². The third-order valence-electron chi connectivity index (χ3n) is 3.39. The molecular formula is C11H22N2O. The van der Waals surface area contributed by atoms with Crippen LogP contribution in [-0.2, 0) is 4.74 Å². The Morgan fingerprint density at radius 1 is 1.43 bits per heavy atom. The summed E-state index contributed by atoms with van der Waals surface area (Å²) >= 11 is 0. The largest absolute Gasteiger partial charge is 0.374 e. The molecule has 1 atom stereocenters. The molecule has 0 aromatic rings. The van der Waals surface area contributed by atoms with E-state index in [2.05, 4.69) is 24.1 Å². The Balaban J connectivity index is 1.63. The van der Waals surface area contributed by atoms with E-state index in [1.807, 2.05) is 0 Å². The van der Waals surface area contributed by atoms with Crippen molar-refractivity contribution in [3.8, 4) is 0 Å². The summed E-state index contributed by atoms with van der Waals surface area (Å²) < 4.78 is 5.68. The third kappa shape index (κ3) is 2.47. The molecule has 0 spiro atoms. The van der Waals surface area contributed by atoms with Gasteiger partial charge in [0.2, 0.25) is 0 Å². The minimum Gasteiger partial charge on any atom is -0.374 e. The maximum atomic E-state index is 5.68. The van der Waals surface area contributed by atoms with E-state index in [0.717, 1.165) is 38.1 Å². The number of ether oxygens (including phenoxy) is 1. The Hall–Kier alpha value is -0.120. The SMILES string of the molecule is CC(C)C1CN(CC2CNCCO2)C1. The van der Waals surface area contributed by atoms with Crippen LogP contribution in [0.5, 0.6) is 0 Å². The summed E-state index contributed by atoms with van der Waals surface area (Å²) in [6.45, 7) is 11.2. The number of likely N-dealkylation sites (tertiary alicyclic amines) is 1. The molecule has 2 heterocycles. The second-order valence-corrected chi connectivity index (χ2v) is 4.92. The summed E-state index contributed by atoms with van der Waals surface area (Å²) in [5, 5.41) is 3.37. The zero-order chi connectivity index (χ0) is 9.97. The lowest BCUT2D eigenvalue weighted by Crippen LogP contribution is -2.54. The fraction of sp³-hybridized carbons (Fsp3) is 1.00. The topological polar surface area (TPSA) is 24.5 Å². The Morgan fingerprint density at radius 3 is 2.79 bits per heavy atom. The van der Waals surface area contributed by atoms with E-state index in [9.17, 15) is 0 Å². The number of hydrogen-bond donors (Lipinski definition) is 1. The van der Waals surface area contributed by atoms with Gasteiger partial charge in [0.15, 0.2) is 0 Å². The maximum Gasteiger partial charge on any atom is 0.0826 e. The molecule has 14 heavy (non-hydrogen) atoms. The fourth-order valence-electron chi connectivity index (χ4n) is 2.21. The van der Waals surface area contributed by atoms with Gasteiger partial charge >= 0.3 is 0 Å². The third-order valence-corrected chi connectivity index (χ3v) is 3.39. The number of nitrogens with zero attached hydrogens (tertiary/aromatic N) is 1. The van der Waals surface area contributed by atoms with Gasteiger partial charge in [-0.2, -0.15) is 0 Å². The van der Waals surface area contributed by atoms with Gasteiger partial charge in [-0.05, 0) is 11.8 Å². The lowest BCUT2D eigenvalue weighted by Gasteiger charge is -2.43. The smallest absolute Gasteiger partial charge is 0.0826 e.